The summed E-state index contributed by atoms with van der Waals surface area (Å²) in [4.78, 5) is 14.5. The molecule has 1 fully saturated rings. The van der Waals surface area contributed by atoms with E-state index in [1.807, 2.05) is 18.2 Å². The van der Waals surface area contributed by atoms with Gasteiger partial charge in [0.2, 0.25) is 0 Å². The summed E-state index contributed by atoms with van der Waals surface area (Å²) in [6.45, 7) is 5.13. The van der Waals surface area contributed by atoms with Crippen LogP contribution in [0.4, 0.5) is 0 Å². The molecule has 112 valence electrons. The van der Waals surface area contributed by atoms with Crippen LogP contribution in [0.25, 0.3) is 0 Å². The number of nitrogens with two attached hydrogens (primary N) is 1. The van der Waals surface area contributed by atoms with Crippen molar-refractivity contribution >= 4 is 5.91 Å². The van der Waals surface area contributed by atoms with Gasteiger partial charge in [-0.15, -0.1) is 0 Å². The van der Waals surface area contributed by atoms with Gasteiger partial charge in [0.15, 0.2) is 0 Å². The van der Waals surface area contributed by atoms with E-state index in [9.17, 15) is 4.79 Å². The standard InChI is InChI=1S/C16H21N3O2/c17-7-3-5-14-4-1-2-6-15(14)16(20)18-8-9-19-10-12-21-13-11-19/h1-2,4,6H,7-13,17H2,(H,18,20). The minimum absolute atomic E-state index is 0.0924. The summed E-state index contributed by atoms with van der Waals surface area (Å²) in [5.41, 5.74) is 6.69. The second kappa shape index (κ2) is 8.42. The zero-order valence-electron chi connectivity index (χ0n) is 12.1. The first-order chi connectivity index (χ1) is 10.3. The highest BCUT2D eigenvalue weighted by Crippen LogP contribution is 2.07. The Bertz CT molecular complexity index is 528. The Hall–Kier alpha value is -1.87. The van der Waals surface area contributed by atoms with Crippen molar-refractivity contribution in [1.82, 2.24) is 10.2 Å². The highest BCUT2D eigenvalue weighted by atomic mass is 16.5. The van der Waals surface area contributed by atoms with Gasteiger partial charge in [-0.1, -0.05) is 24.0 Å². The fraction of sp³-hybridized carbons (Fsp3) is 0.438. The summed E-state index contributed by atoms with van der Waals surface area (Å²) >= 11 is 0. The number of ether oxygens (including phenoxy) is 1. The van der Waals surface area contributed by atoms with Gasteiger partial charge in [-0.05, 0) is 12.1 Å². The number of morpholine rings is 1. The second-order valence-corrected chi connectivity index (χ2v) is 4.76. The molecule has 1 aromatic carbocycles. The zero-order valence-corrected chi connectivity index (χ0v) is 12.1. The minimum Gasteiger partial charge on any atom is -0.379 e. The van der Waals surface area contributed by atoms with Crippen molar-refractivity contribution in [2.75, 3.05) is 45.9 Å². The summed E-state index contributed by atoms with van der Waals surface area (Å²) in [5.74, 6) is 5.62. The van der Waals surface area contributed by atoms with E-state index in [2.05, 4.69) is 22.1 Å². The largest absolute Gasteiger partial charge is 0.379 e. The predicted molar refractivity (Wildman–Crippen MR) is 82.0 cm³/mol. The monoisotopic (exact) mass is 287 g/mol. The van der Waals surface area contributed by atoms with Crippen LogP contribution in [-0.4, -0.2) is 56.7 Å². The number of rotatable bonds is 4. The quantitative estimate of drug-likeness (QED) is 0.769. The van der Waals surface area contributed by atoms with Crippen LogP contribution < -0.4 is 11.1 Å². The van der Waals surface area contributed by atoms with E-state index in [1.54, 1.807) is 6.07 Å². The molecule has 1 aromatic rings. The van der Waals surface area contributed by atoms with Crippen molar-refractivity contribution in [3.8, 4) is 11.8 Å². The van der Waals surface area contributed by atoms with Crippen LogP contribution in [0.2, 0.25) is 0 Å². The molecule has 0 spiro atoms. The molecule has 5 nitrogen and oxygen atoms in total. The second-order valence-electron chi connectivity index (χ2n) is 4.76. The van der Waals surface area contributed by atoms with E-state index in [0.29, 0.717) is 17.7 Å². The summed E-state index contributed by atoms with van der Waals surface area (Å²) < 4.78 is 5.30. The van der Waals surface area contributed by atoms with Crippen molar-refractivity contribution in [3.05, 3.63) is 35.4 Å². The first-order valence-electron chi connectivity index (χ1n) is 7.17. The Morgan fingerprint density at radius 1 is 1.33 bits per heavy atom. The first kappa shape index (κ1) is 15.5. The van der Waals surface area contributed by atoms with E-state index >= 15 is 0 Å². The lowest BCUT2D eigenvalue weighted by atomic mass is 10.1. The Balaban J connectivity index is 1.88. The molecule has 1 amide bonds. The summed E-state index contributed by atoms with van der Waals surface area (Å²) in [5, 5.41) is 2.94. The molecule has 0 aromatic heterocycles. The maximum absolute atomic E-state index is 12.2. The van der Waals surface area contributed by atoms with Crippen molar-refractivity contribution < 1.29 is 9.53 Å². The summed E-state index contributed by atoms with van der Waals surface area (Å²) in [7, 11) is 0. The molecule has 0 radical (unpaired) electrons. The van der Waals surface area contributed by atoms with Crippen LogP contribution in [0.1, 0.15) is 15.9 Å². The van der Waals surface area contributed by atoms with Crippen molar-refractivity contribution in [2.24, 2.45) is 5.73 Å². The third kappa shape index (κ3) is 4.87. The lowest BCUT2D eigenvalue weighted by Gasteiger charge is -2.26. The average molecular weight is 287 g/mol. The molecule has 0 aliphatic carbocycles. The lowest BCUT2D eigenvalue weighted by Crippen LogP contribution is -2.41. The van der Waals surface area contributed by atoms with Gasteiger partial charge < -0.3 is 15.8 Å². The Labute approximate surface area is 125 Å². The Morgan fingerprint density at radius 3 is 2.86 bits per heavy atom. The SMILES string of the molecule is NCC#Cc1ccccc1C(=O)NCCN1CCOCC1. The number of nitrogens with zero attached hydrogens (tertiary/aromatic N) is 1. The van der Waals surface area contributed by atoms with Crippen molar-refractivity contribution in [2.45, 2.75) is 0 Å². The van der Waals surface area contributed by atoms with Gasteiger partial charge in [-0.3, -0.25) is 9.69 Å². The van der Waals surface area contributed by atoms with Crippen molar-refractivity contribution in [3.63, 3.8) is 0 Å². The third-order valence-electron chi connectivity index (χ3n) is 3.31. The first-order valence-corrected chi connectivity index (χ1v) is 7.17. The smallest absolute Gasteiger partial charge is 0.252 e. The highest BCUT2D eigenvalue weighted by molar-refractivity contribution is 5.96. The van der Waals surface area contributed by atoms with Crippen LogP contribution in [-0.2, 0) is 4.74 Å². The minimum atomic E-state index is -0.0924. The lowest BCUT2D eigenvalue weighted by molar-refractivity contribution is 0.0383. The third-order valence-corrected chi connectivity index (χ3v) is 3.31. The molecule has 0 unspecified atom stereocenters. The Kier molecular flexibility index (Phi) is 6.22. The molecular weight excluding hydrogens is 266 g/mol. The molecule has 0 bridgehead atoms. The molecule has 1 aliphatic heterocycles. The molecule has 1 saturated heterocycles. The van der Waals surface area contributed by atoms with Crippen LogP contribution >= 0.6 is 0 Å². The van der Waals surface area contributed by atoms with Crippen molar-refractivity contribution in [1.29, 1.82) is 0 Å². The van der Waals surface area contributed by atoms with E-state index in [0.717, 1.165) is 32.8 Å². The number of carbonyl (C=O) groups excluding carboxylic acids is 1. The molecule has 1 heterocycles. The Morgan fingerprint density at radius 2 is 2.10 bits per heavy atom. The van der Waals surface area contributed by atoms with Gasteiger partial charge in [0.05, 0.1) is 25.3 Å². The van der Waals surface area contributed by atoms with E-state index < -0.39 is 0 Å². The molecule has 0 atom stereocenters. The number of amides is 1. The molecule has 5 heteroatoms. The molecule has 21 heavy (non-hydrogen) atoms. The molecule has 3 N–H and O–H groups in total. The highest BCUT2D eigenvalue weighted by Gasteiger charge is 2.12. The zero-order chi connectivity index (χ0) is 14.9. The van der Waals surface area contributed by atoms with Gasteiger partial charge in [0.1, 0.15) is 0 Å². The number of nitrogens with one attached hydrogen (secondary N) is 1. The average Bonchev–Trinajstić information content (AvgIpc) is 2.54. The van der Waals surface area contributed by atoms with Crippen LogP contribution in [0.3, 0.4) is 0 Å². The van der Waals surface area contributed by atoms with E-state index in [1.165, 1.54) is 0 Å². The van der Waals surface area contributed by atoms with Crippen LogP contribution in [0, 0.1) is 11.8 Å². The van der Waals surface area contributed by atoms with Gasteiger partial charge in [0.25, 0.3) is 5.91 Å². The maximum Gasteiger partial charge on any atom is 0.252 e. The number of hydrogen-bond donors (Lipinski definition) is 2. The van der Waals surface area contributed by atoms with Gasteiger partial charge in [-0.2, -0.15) is 0 Å². The van der Waals surface area contributed by atoms with Crippen LogP contribution in [0.5, 0.6) is 0 Å². The summed E-state index contributed by atoms with van der Waals surface area (Å²) in [6, 6.07) is 7.32. The number of carbonyl (C=O) groups is 1. The van der Waals surface area contributed by atoms with E-state index in [4.69, 9.17) is 10.5 Å². The van der Waals surface area contributed by atoms with Gasteiger partial charge in [0, 0.05) is 31.7 Å². The predicted octanol–water partition coefficient (Wildman–Crippen LogP) is 0.0588. The topological polar surface area (TPSA) is 67.6 Å². The van der Waals surface area contributed by atoms with Gasteiger partial charge >= 0.3 is 0 Å². The van der Waals surface area contributed by atoms with E-state index in [-0.39, 0.29) is 12.5 Å². The maximum atomic E-state index is 12.2. The number of benzene rings is 1. The molecular formula is C16H21N3O2. The molecule has 1 aliphatic rings. The summed E-state index contributed by atoms with van der Waals surface area (Å²) in [6.07, 6.45) is 0. The van der Waals surface area contributed by atoms with Crippen LogP contribution in [0.15, 0.2) is 24.3 Å². The molecule has 0 saturated carbocycles. The fourth-order valence-electron chi connectivity index (χ4n) is 2.18. The number of hydrogen-bond acceptors (Lipinski definition) is 4. The fourth-order valence-corrected chi connectivity index (χ4v) is 2.18. The molecule has 2 rings (SSSR count). The van der Waals surface area contributed by atoms with Gasteiger partial charge in [-0.25, -0.2) is 0 Å². The normalized spacial score (nSPS) is 15.1.